The van der Waals surface area contributed by atoms with Gasteiger partial charge in [-0.3, -0.25) is 9.69 Å². The number of allylic oxidation sites excluding steroid dienone is 1. The van der Waals surface area contributed by atoms with Crippen LogP contribution in [0.2, 0.25) is 0 Å². The van der Waals surface area contributed by atoms with Crippen molar-refractivity contribution in [3.63, 3.8) is 0 Å². The molecule has 38 heavy (non-hydrogen) atoms. The molecule has 2 aromatic carbocycles. The Balaban J connectivity index is 2.42. The third kappa shape index (κ3) is 5.10. The Bertz CT molecular complexity index is 1360. The number of nitrogens with zero attached hydrogens (tertiary/aromatic N) is 2. The van der Waals surface area contributed by atoms with Crippen LogP contribution in [0.25, 0.3) is 0 Å². The van der Waals surface area contributed by atoms with E-state index < -0.39 is 23.8 Å². The zero-order valence-electron chi connectivity index (χ0n) is 21.3. The van der Waals surface area contributed by atoms with Crippen LogP contribution in [-0.4, -0.2) is 51.5 Å². The van der Waals surface area contributed by atoms with Gasteiger partial charge in [0.1, 0.15) is 11.5 Å². The molecule has 0 saturated heterocycles. The molecule has 198 valence electrons. The molecule has 0 bridgehead atoms. The lowest BCUT2D eigenvalue weighted by molar-refractivity contribution is -0.139. The first-order valence-corrected chi connectivity index (χ1v) is 11.4. The number of hydrogen-bond donors (Lipinski definition) is 2. The largest absolute Gasteiger partial charge is 0.493 e. The molecule has 3 rings (SSSR count). The van der Waals surface area contributed by atoms with Gasteiger partial charge in [0.2, 0.25) is 0 Å². The number of carboxylic acid groups (broad SMARTS) is 1. The minimum Gasteiger partial charge on any atom is -0.493 e. The molecular weight excluding hydrogens is 494 g/mol. The molecule has 0 spiro atoms. The Morgan fingerprint density at radius 2 is 1.68 bits per heavy atom. The summed E-state index contributed by atoms with van der Waals surface area (Å²) in [6.07, 6.45) is -0.167. The average molecular weight is 522 g/mol. The second kappa shape index (κ2) is 11.8. The zero-order valence-corrected chi connectivity index (χ0v) is 21.3. The molecule has 11 heteroatoms. The van der Waals surface area contributed by atoms with Gasteiger partial charge in [0.15, 0.2) is 11.5 Å². The molecule has 0 aliphatic carbocycles. The fourth-order valence-corrected chi connectivity index (χ4v) is 4.37. The first-order chi connectivity index (χ1) is 18.2. The van der Waals surface area contributed by atoms with Crippen LogP contribution in [-0.2, 0) is 30.3 Å². The summed E-state index contributed by atoms with van der Waals surface area (Å²) in [6, 6.07) is 13.7. The van der Waals surface area contributed by atoms with Crippen molar-refractivity contribution in [2.45, 2.75) is 18.8 Å². The number of anilines is 1. The molecule has 0 radical (unpaired) electrons. The molecule has 3 N–H and O–H groups in total. The van der Waals surface area contributed by atoms with E-state index in [4.69, 9.17) is 24.7 Å². The number of ether oxygens (including phenoxy) is 4. The second-order valence-electron chi connectivity index (χ2n) is 8.07. The van der Waals surface area contributed by atoms with Crippen LogP contribution < -0.4 is 20.1 Å². The van der Waals surface area contributed by atoms with Crippen molar-refractivity contribution in [2.24, 2.45) is 5.73 Å². The first-order valence-electron chi connectivity index (χ1n) is 11.4. The van der Waals surface area contributed by atoms with Gasteiger partial charge in [-0.15, -0.1) is 0 Å². The van der Waals surface area contributed by atoms with E-state index in [1.807, 2.05) is 0 Å². The van der Waals surface area contributed by atoms with Gasteiger partial charge < -0.3 is 29.8 Å². The first kappa shape index (κ1) is 27.6. The van der Waals surface area contributed by atoms with Gasteiger partial charge in [-0.25, -0.2) is 9.59 Å². The molecule has 1 heterocycles. The zero-order chi connectivity index (χ0) is 28.0. The summed E-state index contributed by atoms with van der Waals surface area (Å²) in [5.41, 5.74) is 7.29. The lowest BCUT2D eigenvalue weighted by Gasteiger charge is -2.36. The smallest absolute Gasteiger partial charge is 0.355 e. The third-order valence-electron chi connectivity index (χ3n) is 6.02. The molecular formula is C27H27N3O8. The van der Waals surface area contributed by atoms with E-state index in [9.17, 15) is 24.8 Å². The Kier molecular flexibility index (Phi) is 8.60. The molecule has 1 aliphatic rings. The molecule has 1 atom stereocenters. The highest BCUT2D eigenvalue weighted by Gasteiger charge is 2.43. The lowest BCUT2D eigenvalue weighted by Crippen LogP contribution is -2.40. The maximum absolute atomic E-state index is 13.3. The lowest BCUT2D eigenvalue weighted by atomic mass is 9.81. The summed E-state index contributed by atoms with van der Waals surface area (Å²) in [5.74, 6) is -3.46. The number of nitrogens with two attached hydrogens (primary N) is 1. The molecule has 0 saturated carbocycles. The number of carbonyl (C=O) groups is 3. The van der Waals surface area contributed by atoms with Crippen LogP contribution in [0, 0.1) is 11.3 Å². The normalized spacial score (nSPS) is 15.0. The van der Waals surface area contributed by atoms with E-state index >= 15 is 0 Å². The van der Waals surface area contributed by atoms with Crippen molar-refractivity contribution < 1.29 is 38.4 Å². The average Bonchev–Trinajstić information content (AvgIpc) is 2.94. The summed E-state index contributed by atoms with van der Waals surface area (Å²) in [6.45, 7) is 0. The fourth-order valence-electron chi connectivity index (χ4n) is 4.37. The van der Waals surface area contributed by atoms with Crippen molar-refractivity contribution >= 4 is 23.6 Å². The van der Waals surface area contributed by atoms with Crippen molar-refractivity contribution in [2.75, 3.05) is 33.3 Å². The fraction of sp³-hybridized carbons (Fsp3) is 0.259. The van der Waals surface area contributed by atoms with E-state index in [1.165, 1.54) is 25.2 Å². The standard InChI is InChI=1S/C27H27N3O8/c1-35-19-13-17(12-16(24(19)36-2)10-11-20(31)32)30-23(27(34)38-4)22(26(33)37-3)21(18(14-28)25(30)29)15-8-6-5-7-9-15/h5-9,12-13,21H,10-11,29H2,1-4H3,(H,31,32). The van der Waals surface area contributed by atoms with Crippen LogP contribution in [0.4, 0.5) is 5.69 Å². The number of hydrogen-bond acceptors (Lipinski definition) is 10. The number of aryl methyl sites for hydroxylation is 1. The number of esters is 2. The highest BCUT2D eigenvalue weighted by Crippen LogP contribution is 2.45. The van der Waals surface area contributed by atoms with Gasteiger partial charge in [-0.1, -0.05) is 30.3 Å². The van der Waals surface area contributed by atoms with Gasteiger partial charge in [-0.05, 0) is 18.1 Å². The topological polar surface area (TPSA) is 161 Å². The van der Waals surface area contributed by atoms with Crippen LogP contribution in [0.1, 0.15) is 23.5 Å². The van der Waals surface area contributed by atoms with Crippen LogP contribution in [0.5, 0.6) is 11.5 Å². The monoisotopic (exact) mass is 521 g/mol. The summed E-state index contributed by atoms with van der Waals surface area (Å²) < 4.78 is 21.0. The highest BCUT2D eigenvalue weighted by molar-refractivity contribution is 6.06. The predicted molar refractivity (Wildman–Crippen MR) is 135 cm³/mol. The van der Waals surface area contributed by atoms with Crippen molar-refractivity contribution in [3.8, 4) is 17.6 Å². The maximum Gasteiger partial charge on any atom is 0.355 e. The highest BCUT2D eigenvalue weighted by atomic mass is 16.5. The van der Waals surface area contributed by atoms with E-state index in [0.29, 0.717) is 11.1 Å². The number of aliphatic carboxylic acids is 1. The SMILES string of the molecule is COC(=O)C1=C(C(=O)OC)N(c2cc(CCC(=O)O)c(OC)c(OC)c2)C(N)=C(C#N)C1c1ccccc1. The third-order valence-corrected chi connectivity index (χ3v) is 6.02. The molecule has 0 amide bonds. The molecule has 1 unspecified atom stereocenters. The minimum atomic E-state index is -1.03. The van der Waals surface area contributed by atoms with E-state index in [1.54, 1.807) is 36.4 Å². The maximum atomic E-state index is 13.3. The number of nitriles is 1. The second-order valence-corrected chi connectivity index (χ2v) is 8.07. The molecule has 2 aromatic rings. The summed E-state index contributed by atoms with van der Waals surface area (Å²) in [5, 5.41) is 19.4. The molecule has 11 nitrogen and oxygen atoms in total. The van der Waals surface area contributed by atoms with Crippen LogP contribution in [0.15, 0.2) is 65.1 Å². The van der Waals surface area contributed by atoms with E-state index in [2.05, 4.69) is 6.07 Å². The summed E-state index contributed by atoms with van der Waals surface area (Å²) >= 11 is 0. The van der Waals surface area contributed by atoms with E-state index in [-0.39, 0.29) is 52.7 Å². The van der Waals surface area contributed by atoms with Crippen LogP contribution in [0.3, 0.4) is 0 Å². The quantitative estimate of drug-likeness (QED) is 0.467. The van der Waals surface area contributed by atoms with Gasteiger partial charge >= 0.3 is 17.9 Å². The Morgan fingerprint density at radius 3 is 2.21 bits per heavy atom. The van der Waals surface area contributed by atoms with Gasteiger partial charge in [-0.2, -0.15) is 5.26 Å². The van der Waals surface area contributed by atoms with Crippen LogP contribution >= 0.6 is 0 Å². The number of carbonyl (C=O) groups excluding carboxylic acids is 2. The van der Waals surface area contributed by atoms with Gasteiger partial charge in [0, 0.05) is 18.1 Å². The van der Waals surface area contributed by atoms with Gasteiger partial charge in [0.05, 0.1) is 57.3 Å². The van der Waals surface area contributed by atoms with E-state index in [0.717, 1.165) is 14.2 Å². The predicted octanol–water partition coefficient (Wildman–Crippen LogP) is 2.62. The number of methoxy groups -OCH3 is 4. The Hall–Kier alpha value is -4.98. The van der Waals surface area contributed by atoms with Crippen molar-refractivity contribution in [1.82, 2.24) is 0 Å². The summed E-state index contributed by atoms with van der Waals surface area (Å²) in [7, 11) is 5.10. The molecule has 1 aliphatic heterocycles. The molecule has 0 fully saturated rings. The molecule has 0 aromatic heterocycles. The Labute approximate surface area is 219 Å². The number of benzene rings is 2. The number of carboxylic acids is 1. The van der Waals surface area contributed by atoms with Crippen molar-refractivity contribution in [3.05, 3.63) is 76.3 Å². The minimum absolute atomic E-state index is 0.00822. The Morgan fingerprint density at radius 1 is 1.03 bits per heavy atom. The summed E-state index contributed by atoms with van der Waals surface area (Å²) in [4.78, 5) is 38.9. The van der Waals surface area contributed by atoms with Crippen molar-refractivity contribution in [1.29, 1.82) is 5.26 Å². The van der Waals surface area contributed by atoms with Gasteiger partial charge in [0.25, 0.3) is 0 Å². The number of rotatable bonds is 9.